The third-order valence-corrected chi connectivity index (χ3v) is 2.96. The molecule has 0 aromatic heterocycles. The van der Waals surface area contributed by atoms with Crippen LogP contribution in [-0.2, 0) is 0 Å². The van der Waals surface area contributed by atoms with E-state index in [4.69, 9.17) is 0 Å². The number of hydrogen-bond acceptors (Lipinski definition) is 2. The molecule has 6 heteroatoms. The highest BCUT2D eigenvalue weighted by molar-refractivity contribution is 5.97. The molecule has 0 atom stereocenters. The lowest BCUT2D eigenvalue weighted by molar-refractivity contribution is -0.274. The molecule has 0 saturated heterocycles. The maximum atomic E-state index is 12.3. The lowest BCUT2D eigenvalue weighted by Crippen LogP contribution is -2.27. The zero-order chi connectivity index (χ0) is 14.8. The SMILES string of the molecule is C=Cc1ccc(OC(F)(F)F)c(C(=O)NCC2CC2)c1. The molecule has 20 heavy (non-hydrogen) atoms. The molecule has 1 aliphatic carbocycles. The molecule has 1 aliphatic rings. The van der Waals surface area contributed by atoms with Crippen LogP contribution in [0.5, 0.6) is 5.75 Å². The second kappa shape index (κ2) is 5.56. The summed E-state index contributed by atoms with van der Waals surface area (Å²) in [6.07, 6.45) is -1.30. The Kier molecular flexibility index (Phi) is 4.01. The van der Waals surface area contributed by atoms with Crippen LogP contribution in [0.15, 0.2) is 24.8 Å². The summed E-state index contributed by atoms with van der Waals surface area (Å²) >= 11 is 0. The highest BCUT2D eigenvalue weighted by Crippen LogP contribution is 2.29. The number of benzene rings is 1. The van der Waals surface area contributed by atoms with Gasteiger partial charge in [0.1, 0.15) is 5.75 Å². The zero-order valence-electron chi connectivity index (χ0n) is 10.7. The van der Waals surface area contributed by atoms with E-state index in [2.05, 4.69) is 16.6 Å². The maximum absolute atomic E-state index is 12.3. The fourth-order valence-corrected chi connectivity index (χ4v) is 1.72. The van der Waals surface area contributed by atoms with Gasteiger partial charge in [-0.2, -0.15) is 0 Å². The van der Waals surface area contributed by atoms with Gasteiger partial charge in [0.05, 0.1) is 5.56 Å². The summed E-state index contributed by atoms with van der Waals surface area (Å²) < 4.78 is 40.8. The number of carbonyl (C=O) groups excluding carboxylic acids is 1. The van der Waals surface area contributed by atoms with Crippen molar-refractivity contribution < 1.29 is 22.7 Å². The Bertz CT molecular complexity index is 522. The quantitative estimate of drug-likeness (QED) is 0.900. The molecule has 0 heterocycles. The van der Waals surface area contributed by atoms with Crippen molar-refractivity contribution >= 4 is 12.0 Å². The Hall–Kier alpha value is -1.98. The maximum Gasteiger partial charge on any atom is 0.573 e. The lowest BCUT2D eigenvalue weighted by Gasteiger charge is -2.14. The lowest BCUT2D eigenvalue weighted by atomic mass is 10.1. The van der Waals surface area contributed by atoms with Crippen molar-refractivity contribution in [2.24, 2.45) is 5.92 Å². The molecule has 1 fully saturated rings. The smallest absolute Gasteiger partial charge is 0.405 e. The first-order valence-electron chi connectivity index (χ1n) is 6.19. The predicted molar refractivity (Wildman–Crippen MR) is 68.3 cm³/mol. The van der Waals surface area contributed by atoms with E-state index in [-0.39, 0.29) is 5.56 Å². The Balaban J connectivity index is 2.20. The number of halogens is 3. The zero-order valence-corrected chi connectivity index (χ0v) is 10.7. The highest BCUT2D eigenvalue weighted by atomic mass is 19.4. The van der Waals surface area contributed by atoms with E-state index < -0.39 is 18.0 Å². The Morgan fingerprint density at radius 1 is 1.45 bits per heavy atom. The van der Waals surface area contributed by atoms with Crippen LogP contribution in [0.3, 0.4) is 0 Å². The standard InChI is InChI=1S/C14H14F3NO2/c1-2-9-5-6-12(20-14(15,16)17)11(7-9)13(19)18-8-10-3-4-10/h2,5-7,10H,1,3-4,8H2,(H,18,19). The first kappa shape index (κ1) is 14.4. The van der Waals surface area contributed by atoms with Crippen molar-refractivity contribution in [3.63, 3.8) is 0 Å². The number of alkyl halides is 3. The van der Waals surface area contributed by atoms with E-state index in [0.717, 1.165) is 18.9 Å². The second-order valence-corrected chi connectivity index (χ2v) is 4.66. The van der Waals surface area contributed by atoms with Gasteiger partial charge in [-0.1, -0.05) is 18.7 Å². The third kappa shape index (κ3) is 4.01. The summed E-state index contributed by atoms with van der Waals surface area (Å²) in [5.74, 6) is -0.634. The van der Waals surface area contributed by atoms with Crippen molar-refractivity contribution in [3.05, 3.63) is 35.9 Å². The van der Waals surface area contributed by atoms with Crippen molar-refractivity contribution in [1.82, 2.24) is 5.32 Å². The van der Waals surface area contributed by atoms with E-state index in [1.807, 2.05) is 0 Å². The van der Waals surface area contributed by atoms with E-state index >= 15 is 0 Å². The van der Waals surface area contributed by atoms with Gasteiger partial charge < -0.3 is 10.1 Å². The van der Waals surface area contributed by atoms with Crippen LogP contribution in [0.2, 0.25) is 0 Å². The molecule has 0 unspecified atom stereocenters. The summed E-state index contributed by atoms with van der Waals surface area (Å²) in [6, 6.07) is 3.86. The molecule has 1 saturated carbocycles. The van der Waals surface area contributed by atoms with Gasteiger partial charge in [0.25, 0.3) is 5.91 Å². The fraction of sp³-hybridized carbons (Fsp3) is 0.357. The number of rotatable bonds is 5. The minimum Gasteiger partial charge on any atom is -0.405 e. The molecule has 1 aromatic rings. The van der Waals surface area contributed by atoms with Crippen LogP contribution in [0, 0.1) is 5.92 Å². The van der Waals surface area contributed by atoms with Gasteiger partial charge >= 0.3 is 6.36 Å². The number of amides is 1. The van der Waals surface area contributed by atoms with Gasteiger partial charge in [0, 0.05) is 6.54 Å². The number of hydrogen-bond donors (Lipinski definition) is 1. The average molecular weight is 285 g/mol. The van der Waals surface area contributed by atoms with Crippen LogP contribution < -0.4 is 10.1 Å². The summed E-state index contributed by atoms with van der Waals surface area (Å²) in [4.78, 5) is 12.0. The van der Waals surface area contributed by atoms with Gasteiger partial charge in [0.15, 0.2) is 0 Å². The Labute approximate surface area is 114 Å². The molecule has 3 nitrogen and oxygen atoms in total. The molecule has 108 valence electrons. The number of carbonyl (C=O) groups is 1. The van der Waals surface area contributed by atoms with Gasteiger partial charge in [0.2, 0.25) is 0 Å². The predicted octanol–water partition coefficient (Wildman–Crippen LogP) is 3.37. The van der Waals surface area contributed by atoms with Crippen molar-refractivity contribution in [2.75, 3.05) is 6.54 Å². The van der Waals surface area contributed by atoms with E-state index in [9.17, 15) is 18.0 Å². The fourth-order valence-electron chi connectivity index (χ4n) is 1.72. The Morgan fingerprint density at radius 3 is 2.70 bits per heavy atom. The third-order valence-electron chi connectivity index (χ3n) is 2.96. The minimum atomic E-state index is -4.83. The first-order valence-corrected chi connectivity index (χ1v) is 6.19. The van der Waals surface area contributed by atoms with Crippen molar-refractivity contribution in [1.29, 1.82) is 0 Å². The molecule has 1 N–H and O–H groups in total. The van der Waals surface area contributed by atoms with Crippen LogP contribution in [0.1, 0.15) is 28.8 Å². The number of ether oxygens (including phenoxy) is 1. The van der Waals surface area contributed by atoms with Gasteiger partial charge in [-0.3, -0.25) is 4.79 Å². The normalized spacial score (nSPS) is 14.8. The highest BCUT2D eigenvalue weighted by Gasteiger charge is 2.33. The molecule has 0 spiro atoms. The molecule has 2 rings (SSSR count). The molecular weight excluding hydrogens is 271 g/mol. The van der Waals surface area contributed by atoms with Crippen molar-refractivity contribution in [3.8, 4) is 5.75 Å². The van der Waals surface area contributed by atoms with Gasteiger partial charge in [-0.05, 0) is 36.5 Å². The van der Waals surface area contributed by atoms with E-state index in [0.29, 0.717) is 18.0 Å². The van der Waals surface area contributed by atoms with Crippen LogP contribution in [-0.4, -0.2) is 18.8 Å². The summed E-state index contributed by atoms with van der Waals surface area (Å²) in [5, 5.41) is 2.62. The van der Waals surface area contributed by atoms with Gasteiger partial charge in [-0.15, -0.1) is 13.2 Å². The van der Waals surface area contributed by atoms with E-state index in [1.165, 1.54) is 18.2 Å². The van der Waals surface area contributed by atoms with E-state index in [1.54, 1.807) is 0 Å². The van der Waals surface area contributed by atoms with Crippen LogP contribution in [0.4, 0.5) is 13.2 Å². The summed E-state index contributed by atoms with van der Waals surface area (Å²) in [7, 11) is 0. The van der Waals surface area contributed by atoms with Crippen molar-refractivity contribution in [2.45, 2.75) is 19.2 Å². The largest absolute Gasteiger partial charge is 0.573 e. The monoisotopic (exact) mass is 285 g/mol. The number of nitrogens with one attached hydrogen (secondary N) is 1. The molecule has 0 aliphatic heterocycles. The minimum absolute atomic E-state index is 0.139. The molecule has 0 radical (unpaired) electrons. The topological polar surface area (TPSA) is 38.3 Å². The average Bonchev–Trinajstić information content (AvgIpc) is 3.18. The summed E-state index contributed by atoms with van der Waals surface area (Å²) in [5.41, 5.74) is 0.413. The molecular formula is C14H14F3NO2. The molecule has 1 amide bonds. The van der Waals surface area contributed by atoms with Crippen LogP contribution in [0.25, 0.3) is 6.08 Å². The second-order valence-electron chi connectivity index (χ2n) is 4.66. The molecule has 0 bridgehead atoms. The Morgan fingerprint density at radius 2 is 2.15 bits per heavy atom. The first-order chi connectivity index (χ1) is 9.39. The van der Waals surface area contributed by atoms with Crippen LogP contribution >= 0.6 is 0 Å². The molecule has 1 aromatic carbocycles. The summed E-state index contributed by atoms with van der Waals surface area (Å²) in [6.45, 7) is 4.00. The van der Waals surface area contributed by atoms with Gasteiger partial charge in [-0.25, -0.2) is 0 Å².